The second kappa shape index (κ2) is 9.17. The van der Waals surface area contributed by atoms with Crippen LogP contribution in [0.2, 0.25) is 5.02 Å². The molecule has 8 nitrogen and oxygen atoms in total. The summed E-state index contributed by atoms with van der Waals surface area (Å²) in [5.41, 5.74) is 1.11. The second-order valence-corrected chi connectivity index (χ2v) is 8.37. The van der Waals surface area contributed by atoms with Gasteiger partial charge in [-0.2, -0.15) is 4.57 Å². The molecular weight excluding hydrogens is 444 g/mol. The summed E-state index contributed by atoms with van der Waals surface area (Å²) in [5.74, 6) is -1.12. The fourth-order valence-electron chi connectivity index (χ4n) is 3.85. The van der Waals surface area contributed by atoms with Gasteiger partial charge in [-0.05, 0) is 30.2 Å². The van der Waals surface area contributed by atoms with Gasteiger partial charge in [-0.25, -0.2) is 4.68 Å². The fourth-order valence-corrected chi connectivity index (χ4v) is 3.97. The number of aromatic nitrogens is 3. The van der Waals surface area contributed by atoms with Crippen molar-refractivity contribution in [1.29, 1.82) is 0 Å². The van der Waals surface area contributed by atoms with Crippen molar-refractivity contribution in [2.45, 2.75) is 19.8 Å². The number of nitrogens with zero attached hydrogens (tertiary/aromatic N) is 3. The zero-order valence-corrected chi connectivity index (χ0v) is 19.3. The predicted molar refractivity (Wildman–Crippen MR) is 124 cm³/mol. The number of carbonyl (C=O) groups excluding carboxylic acids is 2. The van der Waals surface area contributed by atoms with Crippen molar-refractivity contribution >= 4 is 34.7 Å². The van der Waals surface area contributed by atoms with Crippen molar-refractivity contribution in [3.63, 3.8) is 0 Å². The van der Waals surface area contributed by atoms with Gasteiger partial charge in [0.2, 0.25) is 0 Å². The minimum Gasteiger partial charge on any atom is -0.383 e. The predicted octanol–water partition coefficient (Wildman–Crippen LogP) is 2.61. The second-order valence-electron chi connectivity index (χ2n) is 7.93. The van der Waals surface area contributed by atoms with Crippen molar-refractivity contribution in [1.82, 2.24) is 14.7 Å². The molecule has 3 aromatic rings. The Labute approximate surface area is 195 Å². The van der Waals surface area contributed by atoms with Crippen LogP contribution in [0.3, 0.4) is 0 Å². The van der Waals surface area contributed by atoms with Crippen LogP contribution in [-0.4, -0.2) is 46.8 Å². The third-order valence-electron chi connectivity index (χ3n) is 5.47. The highest BCUT2D eigenvalue weighted by molar-refractivity contribution is 6.44. The number of aromatic amines is 1. The maximum atomic E-state index is 13.7. The van der Waals surface area contributed by atoms with Crippen LogP contribution in [0, 0.1) is 0 Å². The van der Waals surface area contributed by atoms with Gasteiger partial charge < -0.3 is 4.74 Å². The molecule has 0 bridgehead atoms. The molecule has 0 aliphatic carbocycles. The third-order valence-corrected chi connectivity index (χ3v) is 5.72. The number of rotatable bonds is 7. The van der Waals surface area contributed by atoms with Crippen LogP contribution in [0.5, 0.6) is 0 Å². The third kappa shape index (κ3) is 4.03. The van der Waals surface area contributed by atoms with Gasteiger partial charge in [-0.1, -0.05) is 31.5 Å². The molecule has 9 heteroatoms. The number of nitrogens with one attached hydrogen (secondary N) is 1. The smallest absolute Gasteiger partial charge is 0.326 e. The van der Waals surface area contributed by atoms with Gasteiger partial charge in [0.1, 0.15) is 5.57 Å². The number of imide groups is 1. The number of carbonyl (C=O) groups is 2. The average Bonchev–Trinajstić information content (AvgIpc) is 3.27. The van der Waals surface area contributed by atoms with Crippen molar-refractivity contribution in [2.75, 3.05) is 20.3 Å². The van der Waals surface area contributed by atoms with E-state index in [9.17, 15) is 14.4 Å². The van der Waals surface area contributed by atoms with E-state index < -0.39 is 17.4 Å². The van der Waals surface area contributed by atoms with Crippen LogP contribution in [0.15, 0.2) is 59.7 Å². The molecule has 2 amide bonds. The Morgan fingerprint density at radius 1 is 1.03 bits per heavy atom. The van der Waals surface area contributed by atoms with Crippen molar-refractivity contribution in [3.05, 3.63) is 81.5 Å². The van der Waals surface area contributed by atoms with E-state index in [4.69, 9.17) is 16.3 Å². The molecule has 2 aromatic heterocycles. The first kappa shape index (κ1) is 22.7. The van der Waals surface area contributed by atoms with Gasteiger partial charge in [-0.3, -0.25) is 24.4 Å². The van der Waals surface area contributed by atoms with Gasteiger partial charge >= 0.3 is 5.91 Å². The normalized spacial score (nSPS) is 14.2. The van der Waals surface area contributed by atoms with E-state index in [0.29, 0.717) is 16.4 Å². The molecule has 0 unspecified atom stereocenters. The summed E-state index contributed by atoms with van der Waals surface area (Å²) >= 11 is 6.00. The minimum absolute atomic E-state index is 0.0740. The maximum absolute atomic E-state index is 13.7. The number of hydrogen-bond donors (Lipinski definition) is 1. The van der Waals surface area contributed by atoms with Gasteiger partial charge in [0.25, 0.3) is 17.2 Å². The highest BCUT2D eigenvalue weighted by atomic mass is 35.5. The first-order valence-corrected chi connectivity index (χ1v) is 10.9. The van der Waals surface area contributed by atoms with Gasteiger partial charge in [0, 0.05) is 30.0 Å². The standard InChI is InChI=1S/C24H23ClN4O4/c1-15(2)20-18(23(31)29(26-20)17-9-7-16(25)8-10-17)19-21(27-11-5-4-6-12-27)24(32)28(22(19)30)13-14-33-3/h4-12,15H,13-14H2,1-3H3/p+1. The minimum atomic E-state index is -0.523. The molecule has 1 aliphatic rings. The summed E-state index contributed by atoms with van der Waals surface area (Å²) in [6.45, 7) is 4.11. The summed E-state index contributed by atoms with van der Waals surface area (Å²) in [6.07, 6.45) is 3.36. The summed E-state index contributed by atoms with van der Waals surface area (Å²) in [4.78, 5) is 41.7. The summed E-state index contributed by atoms with van der Waals surface area (Å²) in [5, 5.41) is 3.68. The van der Waals surface area contributed by atoms with Crippen LogP contribution in [-0.2, 0) is 14.3 Å². The number of hydrogen-bond acceptors (Lipinski definition) is 4. The Hall–Kier alpha value is -3.49. The van der Waals surface area contributed by atoms with E-state index in [-0.39, 0.29) is 35.9 Å². The number of benzene rings is 1. The molecule has 170 valence electrons. The maximum Gasteiger partial charge on any atom is 0.326 e. The Morgan fingerprint density at radius 2 is 1.70 bits per heavy atom. The molecule has 1 aliphatic heterocycles. The zero-order chi connectivity index (χ0) is 23.7. The first-order chi connectivity index (χ1) is 15.8. The number of methoxy groups -OCH3 is 1. The molecule has 3 heterocycles. The van der Waals surface area contributed by atoms with Crippen LogP contribution >= 0.6 is 11.6 Å². The summed E-state index contributed by atoms with van der Waals surface area (Å²) < 4.78 is 8.03. The number of ether oxygens (including phenoxy) is 1. The van der Waals surface area contributed by atoms with Gasteiger partial charge in [0.05, 0.1) is 24.4 Å². The molecule has 1 N–H and O–H groups in total. The van der Waals surface area contributed by atoms with E-state index in [0.717, 1.165) is 4.90 Å². The van der Waals surface area contributed by atoms with Crippen molar-refractivity contribution in [2.24, 2.45) is 0 Å². The number of halogens is 1. The van der Waals surface area contributed by atoms with E-state index in [1.165, 1.54) is 11.8 Å². The molecule has 0 spiro atoms. The van der Waals surface area contributed by atoms with E-state index in [1.807, 2.05) is 19.9 Å². The first-order valence-electron chi connectivity index (χ1n) is 10.5. The lowest BCUT2D eigenvalue weighted by Gasteiger charge is -2.13. The monoisotopic (exact) mass is 467 g/mol. The Bertz CT molecular complexity index is 1290. The largest absolute Gasteiger partial charge is 0.383 e. The number of pyridine rings is 1. The Kier molecular flexibility index (Phi) is 6.31. The summed E-state index contributed by atoms with van der Waals surface area (Å²) in [6, 6.07) is 12.1. The fraction of sp³-hybridized carbons (Fsp3) is 0.250. The highest BCUT2D eigenvalue weighted by Crippen LogP contribution is 2.32. The van der Waals surface area contributed by atoms with E-state index in [2.05, 4.69) is 5.10 Å². The topological polar surface area (TPSA) is 88.3 Å². The van der Waals surface area contributed by atoms with Crippen molar-refractivity contribution < 1.29 is 18.9 Å². The van der Waals surface area contributed by atoms with Crippen molar-refractivity contribution in [3.8, 4) is 5.69 Å². The molecule has 4 rings (SSSR count). The SMILES string of the molecule is COCCN1C(=O)C(c2c(C(C)C)[nH]n(-c3ccc(Cl)cc3)c2=O)=C([n+]2ccccc2)C1=O. The number of H-pyrrole nitrogens is 1. The lowest BCUT2D eigenvalue weighted by atomic mass is 9.98. The molecule has 0 saturated heterocycles. The summed E-state index contributed by atoms with van der Waals surface area (Å²) in [7, 11) is 1.50. The average molecular weight is 468 g/mol. The van der Waals surface area contributed by atoms with Crippen LogP contribution in [0.1, 0.15) is 31.0 Å². The molecule has 0 fully saturated rings. The van der Waals surface area contributed by atoms with E-state index in [1.54, 1.807) is 53.4 Å². The van der Waals surface area contributed by atoms with Crippen LogP contribution in [0.25, 0.3) is 17.0 Å². The van der Waals surface area contributed by atoms with Crippen LogP contribution < -0.4 is 10.1 Å². The molecular formula is C24H24ClN4O4+. The number of amides is 2. The quantitative estimate of drug-likeness (QED) is 0.427. The highest BCUT2D eigenvalue weighted by Gasteiger charge is 2.47. The lowest BCUT2D eigenvalue weighted by Crippen LogP contribution is -2.40. The lowest BCUT2D eigenvalue weighted by molar-refractivity contribution is -0.576. The molecule has 0 radical (unpaired) electrons. The zero-order valence-electron chi connectivity index (χ0n) is 18.5. The van der Waals surface area contributed by atoms with Gasteiger partial charge in [0.15, 0.2) is 12.4 Å². The van der Waals surface area contributed by atoms with Crippen LogP contribution in [0.4, 0.5) is 0 Å². The molecule has 1 aromatic carbocycles. The Morgan fingerprint density at radius 3 is 2.30 bits per heavy atom. The Balaban J connectivity index is 1.98. The molecule has 0 atom stereocenters. The molecule has 0 saturated carbocycles. The van der Waals surface area contributed by atoms with Gasteiger partial charge in [-0.15, -0.1) is 0 Å². The molecule has 33 heavy (non-hydrogen) atoms. The van der Waals surface area contributed by atoms with E-state index >= 15 is 0 Å².